The van der Waals surface area contributed by atoms with Crippen molar-refractivity contribution in [2.75, 3.05) is 19.6 Å². The van der Waals surface area contributed by atoms with Gasteiger partial charge in [-0.2, -0.15) is 0 Å². The Morgan fingerprint density at radius 2 is 1.87 bits per heavy atom. The van der Waals surface area contributed by atoms with Crippen molar-refractivity contribution in [2.24, 2.45) is 5.92 Å². The summed E-state index contributed by atoms with van der Waals surface area (Å²) in [6, 6.07) is 10.7. The largest absolute Gasteiger partial charge is 0.360 e. The molecule has 160 valence electrons. The molecule has 1 aromatic carbocycles. The lowest BCUT2D eigenvalue weighted by Gasteiger charge is -2.32. The number of hydrogen-bond donors (Lipinski definition) is 1. The first-order valence-electron chi connectivity index (χ1n) is 10.2. The molecule has 0 saturated carbocycles. The van der Waals surface area contributed by atoms with Crippen LogP contribution in [-0.2, 0) is 0 Å². The summed E-state index contributed by atoms with van der Waals surface area (Å²) in [5.41, 5.74) is 2.16. The molecule has 8 heteroatoms. The molecular weight excluding hydrogens is 416 g/mol. The normalized spacial score (nSPS) is 14.5. The van der Waals surface area contributed by atoms with Crippen molar-refractivity contribution in [2.45, 2.75) is 19.8 Å². The van der Waals surface area contributed by atoms with E-state index in [1.807, 2.05) is 23.1 Å². The second-order valence-electron chi connectivity index (χ2n) is 7.62. The monoisotopic (exact) mass is 438 g/mol. The number of carbonyl (C=O) groups excluding carboxylic acids is 2. The standard InChI is InChI=1S/C23H23ClN4O3/c1-15-20(21(27-31-15)18-4-2-3-5-19(18)24)22(29)26-14-16-8-12-28(13-9-16)23(30)17-6-10-25-11-7-17/h2-7,10-11,16H,8-9,12-14H2,1H3,(H,26,29). The minimum Gasteiger partial charge on any atom is -0.360 e. The van der Waals surface area contributed by atoms with Gasteiger partial charge < -0.3 is 14.7 Å². The van der Waals surface area contributed by atoms with Gasteiger partial charge in [-0.1, -0.05) is 35.0 Å². The number of benzene rings is 1. The number of amides is 2. The summed E-state index contributed by atoms with van der Waals surface area (Å²) in [4.78, 5) is 31.3. The summed E-state index contributed by atoms with van der Waals surface area (Å²) < 4.78 is 5.28. The zero-order valence-corrected chi connectivity index (χ0v) is 17.9. The number of nitrogens with zero attached hydrogens (tertiary/aromatic N) is 3. The van der Waals surface area contributed by atoms with Crippen molar-refractivity contribution >= 4 is 23.4 Å². The van der Waals surface area contributed by atoms with E-state index in [-0.39, 0.29) is 11.8 Å². The molecule has 7 nitrogen and oxygen atoms in total. The number of likely N-dealkylation sites (tertiary alicyclic amines) is 1. The Hall–Kier alpha value is -3.19. The van der Waals surface area contributed by atoms with Gasteiger partial charge in [-0.15, -0.1) is 0 Å². The Morgan fingerprint density at radius 1 is 1.16 bits per heavy atom. The van der Waals surface area contributed by atoms with Gasteiger partial charge in [0.1, 0.15) is 17.0 Å². The molecule has 0 aliphatic carbocycles. The third kappa shape index (κ3) is 4.61. The van der Waals surface area contributed by atoms with E-state index in [0.717, 1.165) is 12.8 Å². The first-order chi connectivity index (χ1) is 15.0. The van der Waals surface area contributed by atoms with Crippen LogP contribution in [-0.4, -0.2) is 46.5 Å². The molecule has 0 spiro atoms. The lowest BCUT2D eigenvalue weighted by molar-refractivity contribution is 0.0684. The number of rotatable bonds is 5. The number of aryl methyl sites for hydroxylation is 1. The van der Waals surface area contributed by atoms with Gasteiger partial charge in [-0.25, -0.2) is 0 Å². The molecular formula is C23H23ClN4O3. The van der Waals surface area contributed by atoms with Crippen molar-refractivity contribution < 1.29 is 14.1 Å². The maximum absolute atomic E-state index is 12.9. The fraction of sp³-hybridized carbons (Fsp3) is 0.304. The quantitative estimate of drug-likeness (QED) is 0.650. The molecule has 3 heterocycles. The Kier molecular flexibility index (Phi) is 6.32. The van der Waals surface area contributed by atoms with E-state index in [4.69, 9.17) is 16.1 Å². The average molecular weight is 439 g/mol. The smallest absolute Gasteiger partial charge is 0.257 e. The number of nitrogens with one attached hydrogen (secondary N) is 1. The van der Waals surface area contributed by atoms with E-state index in [1.54, 1.807) is 37.5 Å². The fourth-order valence-corrected chi connectivity index (χ4v) is 4.04. The van der Waals surface area contributed by atoms with Gasteiger partial charge in [0.15, 0.2) is 0 Å². The minimum absolute atomic E-state index is 0.0226. The Balaban J connectivity index is 1.35. The highest BCUT2D eigenvalue weighted by Crippen LogP contribution is 2.31. The maximum atomic E-state index is 12.9. The molecule has 1 N–H and O–H groups in total. The molecule has 0 unspecified atom stereocenters. The molecule has 0 atom stereocenters. The molecule has 1 saturated heterocycles. The van der Waals surface area contributed by atoms with Crippen LogP contribution in [0.25, 0.3) is 11.3 Å². The summed E-state index contributed by atoms with van der Waals surface area (Å²) in [7, 11) is 0. The predicted molar refractivity (Wildman–Crippen MR) is 117 cm³/mol. The van der Waals surface area contributed by atoms with Gasteiger partial charge in [0.25, 0.3) is 11.8 Å². The van der Waals surface area contributed by atoms with Gasteiger partial charge in [0, 0.05) is 43.2 Å². The lowest BCUT2D eigenvalue weighted by Crippen LogP contribution is -2.41. The molecule has 1 aliphatic heterocycles. The van der Waals surface area contributed by atoms with Crippen LogP contribution in [0, 0.1) is 12.8 Å². The second kappa shape index (κ2) is 9.31. The van der Waals surface area contributed by atoms with E-state index < -0.39 is 0 Å². The first kappa shape index (κ1) is 21.1. The SMILES string of the molecule is Cc1onc(-c2ccccc2Cl)c1C(=O)NCC1CCN(C(=O)c2ccncc2)CC1. The predicted octanol–water partition coefficient (Wildman–Crippen LogP) is 3.98. The molecule has 3 aromatic rings. The summed E-state index contributed by atoms with van der Waals surface area (Å²) in [6.07, 6.45) is 4.91. The van der Waals surface area contributed by atoms with Gasteiger partial charge >= 0.3 is 0 Å². The second-order valence-corrected chi connectivity index (χ2v) is 8.03. The van der Waals surface area contributed by atoms with Crippen LogP contribution in [0.1, 0.15) is 39.3 Å². The van der Waals surface area contributed by atoms with Crippen molar-refractivity contribution in [1.29, 1.82) is 0 Å². The Bertz CT molecular complexity index is 1080. The minimum atomic E-state index is -0.232. The molecule has 31 heavy (non-hydrogen) atoms. The number of pyridine rings is 1. The van der Waals surface area contributed by atoms with Crippen molar-refractivity contribution in [3.05, 3.63) is 70.7 Å². The third-order valence-corrected chi connectivity index (χ3v) is 5.93. The van der Waals surface area contributed by atoms with E-state index in [2.05, 4.69) is 15.5 Å². The van der Waals surface area contributed by atoms with Crippen LogP contribution in [0.2, 0.25) is 5.02 Å². The van der Waals surface area contributed by atoms with Gasteiger partial charge in [0.2, 0.25) is 0 Å². The Morgan fingerprint density at radius 3 is 2.58 bits per heavy atom. The highest BCUT2D eigenvalue weighted by Gasteiger charge is 2.26. The van der Waals surface area contributed by atoms with Crippen LogP contribution >= 0.6 is 11.6 Å². The van der Waals surface area contributed by atoms with E-state index in [0.29, 0.717) is 58.7 Å². The topological polar surface area (TPSA) is 88.3 Å². The molecule has 2 aromatic heterocycles. The third-order valence-electron chi connectivity index (χ3n) is 5.60. The average Bonchev–Trinajstić information content (AvgIpc) is 3.19. The van der Waals surface area contributed by atoms with Gasteiger partial charge in [-0.3, -0.25) is 14.6 Å². The zero-order chi connectivity index (χ0) is 21.8. The van der Waals surface area contributed by atoms with Crippen LogP contribution in [0.5, 0.6) is 0 Å². The maximum Gasteiger partial charge on any atom is 0.257 e. The summed E-state index contributed by atoms with van der Waals surface area (Å²) in [5.74, 6) is 0.540. The lowest BCUT2D eigenvalue weighted by atomic mass is 9.96. The molecule has 0 radical (unpaired) electrons. The van der Waals surface area contributed by atoms with E-state index in [1.165, 1.54) is 0 Å². The summed E-state index contributed by atoms with van der Waals surface area (Å²) in [6.45, 7) is 3.58. The highest BCUT2D eigenvalue weighted by atomic mass is 35.5. The van der Waals surface area contributed by atoms with Crippen LogP contribution in [0.15, 0.2) is 53.3 Å². The van der Waals surface area contributed by atoms with Gasteiger partial charge in [0.05, 0.1) is 5.02 Å². The number of halogens is 1. The van der Waals surface area contributed by atoms with E-state index in [9.17, 15) is 9.59 Å². The number of aromatic nitrogens is 2. The molecule has 1 fully saturated rings. The molecule has 0 bridgehead atoms. The van der Waals surface area contributed by atoms with Crippen LogP contribution in [0.3, 0.4) is 0 Å². The molecule has 2 amide bonds. The van der Waals surface area contributed by atoms with Crippen molar-refractivity contribution in [1.82, 2.24) is 20.4 Å². The summed E-state index contributed by atoms with van der Waals surface area (Å²) in [5, 5.41) is 7.57. The fourth-order valence-electron chi connectivity index (χ4n) is 3.82. The molecule has 1 aliphatic rings. The highest BCUT2D eigenvalue weighted by molar-refractivity contribution is 6.33. The summed E-state index contributed by atoms with van der Waals surface area (Å²) >= 11 is 6.28. The number of piperidine rings is 1. The van der Waals surface area contributed by atoms with Gasteiger partial charge in [-0.05, 0) is 43.9 Å². The van der Waals surface area contributed by atoms with Crippen molar-refractivity contribution in [3.8, 4) is 11.3 Å². The first-order valence-corrected chi connectivity index (χ1v) is 10.6. The van der Waals surface area contributed by atoms with E-state index >= 15 is 0 Å². The van der Waals surface area contributed by atoms with Crippen LogP contribution < -0.4 is 5.32 Å². The van der Waals surface area contributed by atoms with Crippen LogP contribution in [0.4, 0.5) is 0 Å². The molecule has 4 rings (SSSR count). The zero-order valence-electron chi connectivity index (χ0n) is 17.2. The number of carbonyl (C=O) groups is 2. The number of hydrogen-bond acceptors (Lipinski definition) is 5. The Labute approximate surface area is 185 Å². The van der Waals surface area contributed by atoms with Crippen molar-refractivity contribution in [3.63, 3.8) is 0 Å².